The summed E-state index contributed by atoms with van der Waals surface area (Å²) in [5.74, 6) is 1.37. The molecular weight excluding hydrogens is 374 g/mol. The van der Waals surface area contributed by atoms with Gasteiger partial charge in [-0.1, -0.05) is 0 Å². The van der Waals surface area contributed by atoms with E-state index in [0.717, 1.165) is 11.3 Å². The van der Waals surface area contributed by atoms with Crippen LogP contribution in [0.3, 0.4) is 0 Å². The van der Waals surface area contributed by atoms with Crippen LogP contribution in [-0.4, -0.2) is 56.1 Å². The van der Waals surface area contributed by atoms with Crippen molar-refractivity contribution in [2.75, 3.05) is 45.3 Å². The molecule has 0 aromatic heterocycles. The zero-order valence-corrected chi connectivity index (χ0v) is 16.9. The zero-order valence-electron chi connectivity index (χ0n) is 16.9. The van der Waals surface area contributed by atoms with Crippen LogP contribution in [0.25, 0.3) is 0 Å². The van der Waals surface area contributed by atoms with Crippen LogP contribution in [0, 0.1) is 17.0 Å². The van der Waals surface area contributed by atoms with Gasteiger partial charge < -0.3 is 19.3 Å². The van der Waals surface area contributed by atoms with E-state index < -0.39 is 0 Å². The van der Waals surface area contributed by atoms with Gasteiger partial charge in [0.15, 0.2) is 0 Å². The fourth-order valence-corrected chi connectivity index (χ4v) is 3.51. The number of hydrogen-bond acceptors (Lipinski definition) is 6. The van der Waals surface area contributed by atoms with Gasteiger partial charge in [0.2, 0.25) is 5.91 Å². The molecular formula is C21H25N3O5. The molecule has 2 aromatic rings. The van der Waals surface area contributed by atoms with Gasteiger partial charge in [0, 0.05) is 49.6 Å². The van der Waals surface area contributed by atoms with E-state index in [0.29, 0.717) is 43.2 Å². The minimum atomic E-state index is -0.372. The second-order valence-electron chi connectivity index (χ2n) is 6.99. The first-order valence-electron chi connectivity index (χ1n) is 9.41. The van der Waals surface area contributed by atoms with E-state index in [1.54, 1.807) is 39.3 Å². The van der Waals surface area contributed by atoms with E-state index >= 15 is 0 Å². The number of anilines is 1. The van der Waals surface area contributed by atoms with Gasteiger partial charge in [-0.25, -0.2) is 0 Å². The van der Waals surface area contributed by atoms with E-state index in [4.69, 9.17) is 9.47 Å². The fraction of sp³-hybridized carbons (Fsp3) is 0.381. The molecule has 0 aliphatic carbocycles. The van der Waals surface area contributed by atoms with Crippen molar-refractivity contribution >= 4 is 17.3 Å². The molecule has 0 atom stereocenters. The Morgan fingerprint density at radius 1 is 1.03 bits per heavy atom. The first kappa shape index (κ1) is 20.4. The summed E-state index contributed by atoms with van der Waals surface area (Å²) >= 11 is 0. The first-order valence-corrected chi connectivity index (χ1v) is 9.41. The SMILES string of the molecule is COc1cc(CC(=O)N2CCN(c3ccc([N+](=O)[O-])c(C)c3)CC2)cc(OC)c1. The van der Waals surface area contributed by atoms with E-state index in [1.165, 1.54) is 0 Å². The first-order chi connectivity index (χ1) is 13.9. The minimum absolute atomic E-state index is 0.0554. The summed E-state index contributed by atoms with van der Waals surface area (Å²) in [5.41, 5.74) is 2.55. The number of nitro groups is 1. The second-order valence-corrected chi connectivity index (χ2v) is 6.99. The molecule has 3 rings (SSSR count). The van der Waals surface area contributed by atoms with Crippen LogP contribution in [0.4, 0.5) is 11.4 Å². The molecule has 29 heavy (non-hydrogen) atoms. The molecule has 154 valence electrons. The number of piperazine rings is 1. The smallest absolute Gasteiger partial charge is 0.272 e. The average molecular weight is 399 g/mol. The normalized spacial score (nSPS) is 13.9. The lowest BCUT2D eigenvalue weighted by molar-refractivity contribution is -0.385. The number of carbonyl (C=O) groups excluding carboxylic acids is 1. The monoisotopic (exact) mass is 399 g/mol. The van der Waals surface area contributed by atoms with Gasteiger partial charge in [0.25, 0.3) is 5.69 Å². The summed E-state index contributed by atoms with van der Waals surface area (Å²) in [5, 5.41) is 11.0. The van der Waals surface area contributed by atoms with Crippen LogP contribution >= 0.6 is 0 Å². The van der Waals surface area contributed by atoms with Crippen molar-refractivity contribution < 1.29 is 19.2 Å². The van der Waals surface area contributed by atoms with Crippen LogP contribution in [0.15, 0.2) is 36.4 Å². The van der Waals surface area contributed by atoms with Gasteiger partial charge in [0.05, 0.1) is 25.6 Å². The van der Waals surface area contributed by atoms with E-state index in [-0.39, 0.29) is 22.9 Å². The third-order valence-electron chi connectivity index (χ3n) is 5.14. The Morgan fingerprint density at radius 3 is 2.17 bits per heavy atom. The lowest BCUT2D eigenvalue weighted by atomic mass is 10.1. The number of nitrogens with zero attached hydrogens (tertiary/aromatic N) is 3. The Kier molecular flexibility index (Phi) is 6.21. The number of carbonyl (C=O) groups is 1. The van der Waals surface area contributed by atoms with Gasteiger partial charge in [-0.05, 0) is 36.8 Å². The van der Waals surface area contributed by atoms with Crippen molar-refractivity contribution in [3.8, 4) is 11.5 Å². The van der Waals surface area contributed by atoms with Crippen LogP contribution in [0.5, 0.6) is 11.5 Å². The molecule has 0 spiro atoms. The maximum absolute atomic E-state index is 12.7. The molecule has 1 heterocycles. The number of amides is 1. The van der Waals surface area contributed by atoms with Crippen molar-refractivity contribution in [1.29, 1.82) is 0 Å². The summed E-state index contributed by atoms with van der Waals surface area (Å²) in [6.45, 7) is 4.32. The fourth-order valence-electron chi connectivity index (χ4n) is 3.51. The van der Waals surface area contributed by atoms with Crippen molar-refractivity contribution in [1.82, 2.24) is 4.90 Å². The standard InChI is InChI=1S/C21H25N3O5/c1-15-10-17(4-5-20(15)24(26)27)22-6-8-23(9-7-22)21(25)13-16-11-18(28-2)14-19(12-16)29-3/h4-5,10-12,14H,6-9,13H2,1-3H3. The summed E-state index contributed by atoms with van der Waals surface area (Å²) < 4.78 is 10.5. The van der Waals surface area contributed by atoms with Crippen molar-refractivity contribution in [3.05, 3.63) is 57.6 Å². The Morgan fingerprint density at radius 2 is 1.66 bits per heavy atom. The molecule has 8 nitrogen and oxygen atoms in total. The third-order valence-corrected chi connectivity index (χ3v) is 5.14. The summed E-state index contributed by atoms with van der Waals surface area (Å²) in [6, 6.07) is 10.6. The van der Waals surface area contributed by atoms with Gasteiger partial charge in [-0.3, -0.25) is 14.9 Å². The number of aryl methyl sites for hydroxylation is 1. The van der Waals surface area contributed by atoms with Gasteiger partial charge in [0.1, 0.15) is 11.5 Å². The molecule has 0 unspecified atom stereocenters. The maximum Gasteiger partial charge on any atom is 0.272 e. The van der Waals surface area contributed by atoms with Gasteiger partial charge >= 0.3 is 0 Å². The Hall–Kier alpha value is -3.29. The molecule has 8 heteroatoms. The predicted octanol–water partition coefficient (Wildman–Crippen LogP) is 2.81. The number of rotatable bonds is 6. The summed E-state index contributed by atoms with van der Waals surface area (Å²) in [6.07, 6.45) is 0.282. The highest BCUT2D eigenvalue weighted by Crippen LogP contribution is 2.26. The zero-order chi connectivity index (χ0) is 21.0. The van der Waals surface area contributed by atoms with E-state index in [9.17, 15) is 14.9 Å². The van der Waals surface area contributed by atoms with Crippen molar-refractivity contribution in [3.63, 3.8) is 0 Å². The van der Waals surface area contributed by atoms with Gasteiger partial charge in [-0.15, -0.1) is 0 Å². The topological polar surface area (TPSA) is 85.2 Å². The molecule has 1 amide bonds. The maximum atomic E-state index is 12.7. The van der Waals surface area contributed by atoms with Crippen LogP contribution in [-0.2, 0) is 11.2 Å². The quantitative estimate of drug-likeness (QED) is 0.549. The largest absolute Gasteiger partial charge is 0.497 e. The summed E-state index contributed by atoms with van der Waals surface area (Å²) in [7, 11) is 3.17. The lowest BCUT2D eigenvalue weighted by Gasteiger charge is -2.36. The highest BCUT2D eigenvalue weighted by atomic mass is 16.6. The number of methoxy groups -OCH3 is 2. The number of benzene rings is 2. The van der Waals surface area contributed by atoms with Crippen molar-refractivity contribution in [2.45, 2.75) is 13.3 Å². The Bertz CT molecular complexity index is 885. The predicted molar refractivity (Wildman–Crippen MR) is 110 cm³/mol. The third kappa shape index (κ3) is 4.77. The van der Waals surface area contributed by atoms with Crippen LogP contribution in [0.2, 0.25) is 0 Å². The van der Waals surface area contributed by atoms with Crippen LogP contribution < -0.4 is 14.4 Å². The molecule has 1 fully saturated rings. The van der Waals surface area contributed by atoms with Gasteiger partial charge in [-0.2, -0.15) is 0 Å². The number of hydrogen-bond donors (Lipinski definition) is 0. The molecule has 2 aromatic carbocycles. The van der Waals surface area contributed by atoms with E-state index in [1.807, 2.05) is 23.1 Å². The highest BCUT2D eigenvalue weighted by molar-refractivity contribution is 5.79. The molecule has 1 aliphatic rings. The molecule has 1 saturated heterocycles. The molecule has 0 N–H and O–H groups in total. The second kappa shape index (κ2) is 8.81. The van der Waals surface area contributed by atoms with E-state index in [2.05, 4.69) is 4.90 Å². The van der Waals surface area contributed by atoms with Crippen molar-refractivity contribution in [2.24, 2.45) is 0 Å². The Labute approximate surface area is 169 Å². The van der Waals surface area contributed by atoms with Crippen LogP contribution in [0.1, 0.15) is 11.1 Å². The molecule has 1 aliphatic heterocycles. The number of nitro benzene ring substituents is 1. The molecule has 0 bridgehead atoms. The number of ether oxygens (including phenoxy) is 2. The summed E-state index contributed by atoms with van der Waals surface area (Å²) in [4.78, 5) is 27.3. The minimum Gasteiger partial charge on any atom is -0.497 e. The lowest BCUT2D eigenvalue weighted by Crippen LogP contribution is -2.49. The Balaban J connectivity index is 1.61. The highest BCUT2D eigenvalue weighted by Gasteiger charge is 2.23. The average Bonchev–Trinajstić information content (AvgIpc) is 2.73. The molecule has 0 radical (unpaired) electrons. The molecule has 0 saturated carbocycles.